The van der Waals surface area contributed by atoms with Gasteiger partial charge in [0, 0.05) is 13.1 Å². The fourth-order valence-corrected chi connectivity index (χ4v) is 3.82. The maximum Gasteiger partial charge on any atom is 0.235 e. The van der Waals surface area contributed by atoms with Crippen LogP contribution in [-0.4, -0.2) is 28.9 Å². The van der Waals surface area contributed by atoms with Gasteiger partial charge < -0.3 is 10.6 Å². The van der Waals surface area contributed by atoms with Gasteiger partial charge in [-0.2, -0.15) is 0 Å². The Hall–Kier alpha value is -0.640. The summed E-state index contributed by atoms with van der Waals surface area (Å²) in [6, 6.07) is 0. The smallest absolute Gasteiger partial charge is 0.235 e. The summed E-state index contributed by atoms with van der Waals surface area (Å²) < 4.78 is 0. The third-order valence-electron chi connectivity index (χ3n) is 5.50. The molecule has 1 amide bonds. The molecule has 1 unspecified atom stereocenters. The van der Waals surface area contributed by atoms with Crippen molar-refractivity contribution in [3.05, 3.63) is 0 Å². The number of carbonyl (C=O) groups excluding carboxylic acids is 1. The highest BCUT2D eigenvalue weighted by atomic mass is 32.1. The van der Waals surface area contributed by atoms with E-state index in [0.717, 1.165) is 25.9 Å². The van der Waals surface area contributed by atoms with Crippen molar-refractivity contribution in [3.63, 3.8) is 0 Å². The molecule has 2 aliphatic rings. The van der Waals surface area contributed by atoms with Gasteiger partial charge in [-0.05, 0) is 44.4 Å². The van der Waals surface area contributed by atoms with Crippen LogP contribution in [0.2, 0.25) is 0 Å². The highest BCUT2D eigenvalue weighted by Crippen LogP contribution is 2.46. The molecular weight excluding hydrogens is 256 g/mol. The van der Waals surface area contributed by atoms with Crippen LogP contribution in [0.15, 0.2) is 0 Å². The Morgan fingerprint density at radius 1 is 1.26 bits per heavy atom. The molecule has 1 saturated carbocycles. The maximum atomic E-state index is 12.7. The Kier molecular flexibility index (Phi) is 4.19. The standard InChI is InChI=1S/C15H26N2OS/c1-3-14(2,12(16)19)13(18)17-10-8-15(9-11-17)6-4-5-7-15/h3-11H2,1-2H3,(H2,16,19). The summed E-state index contributed by atoms with van der Waals surface area (Å²) >= 11 is 5.11. The monoisotopic (exact) mass is 282 g/mol. The van der Waals surface area contributed by atoms with E-state index < -0.39 is 5.41 Å². The molecule has 0 aromatic carbocycles. The zero-order valence-corrected chi connectivity index (χ0v) is 13.0. The van der Waals surface area contributed by atoms with Crippen LogP contribution in [0.3, 0.4) is 0 Å². The number of nitrogens with two attached hydrogens (primary N) is 1. The van der Waals surface area contributed by atoms with Gasteiger partial charge in [-0.15, -0.1) is 0 Å². The molecule has 1 spiro atoms. The molecule has 0 radical (unpaired) electrons. The predicted octanol–water partition coefficient (Wildman–Crippen LogP) is 2.87. The van der Waals surface area contributed by atoms with Gasteiger partial charge in [0.25, 0.3) is 0 Å². The molecule has 4 heteroatoms. The second-order valence-corrected chi connectivity index (χ2v) is 6.99. The quantitative estimate of drug-likeness (QED) is 0.810. The highest BCUT2D eigenvalue weighted by Gasteiger charge is 2.42. The number of amides is 1. The average molecular weight is 282 g/mol. The maximum absolute atomic E-state index is 12.7. The third kappa shape index (κ3) is 2.64. The molecule has 0 aromatic rings. The van der Waals surface area contributed by atoms with Crippen molar-refractivity contribution < 1.29 is 4.79 Å². The molecule has 19 heavy (non-hydrogen) atoms. The zero-order valence-electron chi connectivity index (χ0n) is 12.2. The van der Waals surface area contributed by atoms with Crippen LogP contribution in [0, 0.1) is 10.8 Å². The Morgan fingerprint density at radius 3 is 2.21 bits per heavy atom. The van der Waals surface area contributed by atoms with Crippen LogP contribution in [-0.2, 0) is 4.79 Å². The molecule has 108 valence electrons. The lowest BCUT2D eigenvalue weighted by Crippen LogP contribution is -2.52. The molecular formula is C15H26N2OS. The van der Waals surface area contributed by atoms with Gasteiger partial charge in [-0.3, -0.25) is 4.79 Å². The number of hydrogen-bond acceptors (Lipinski definition) is 2. The molecule has 1 saturated heterocycles. The molecule has 2 N–H and O–H groups in total. The van der Waals surface area contributed by atoms with Crippen LogP contribution in [0.5, 0.6) is 0 Å². The summed E-state index contributed by atoms with van der Waals surface area (Å²) in [5.74, 6) is 0.135. The third-order valence-corrected chi connectivity index (χ3v) is 5.95. The van der Waals surface area contributed by atoms with Crippen molar-refractivity contribution in [3.8, 4) is 0 Å². The van der Waals surface area contributed by atoms with E-state index in [4.69, 9.17) is 18.0 Å². The van der Waals surface area contributed by atoms with Gasteiger partial charge in [0.05, 0.1) is 10.4 Å². The van der Waals surface area contributed by atoms with E-state index in [1.807, 2.05) is 18.7 Å². The summed E-state index contributed by atoms with van der Waals surface area (Å²) in [4.78, 5) is 15.0. The van der Waals surface area contributed by atoms with Crippen molar-refractivity contribution in [2.75, 3.05) is 13.1 Å². The topological polar surface area (TPSA) is 46.3 Å². The number of carbonyl (C=O) groups is 1. The first-order valence-corrected chi connectivity index (χ1v) is 7.94. The minimum absolute atomic E-state index is 0.135. The lowest BCUT2D eigenvalue weighted by molar-refractivity contribution is -0.140. The largest absolute Gasteiger partial charge is 0.392 e. The minimum atomic E-state index is -0.657. The van der Waals surface area contributed by atoms with Crippen molar-refractivity contribution in [2.45, 2.75) is 58.8 Å². The zero-order chi connectivity index (χ0) is 14.1. The molecule has 0 bridgehead atoms. The summed E-state index contributed by atoms with van der Waals surface area (Å²) in [5.41, 5.74) is 5.68. The van der Waals surface area contributed by atoms with Crippen molar-refractivity contribution >= 4 is 23.1 Å². The summed E-state index contributed by atoms with van der Waals surface area (Å²) in [6.07, 6.45) is 8.46. The SMILES string of the molecule is CCC(C)(C(=O)N1CCC2(CCCC2)CC1)C(N)=S. The van der Waals surface area contributed by atoms with E-state index in [1.165, 1.54) is 25.7 Å². The van der Waals surface area contributed by atoms with Crippen molar-refractivity contribution in [1.82, 2.24) is 4.90 Å². The summed E-state index contributed by atoms with van der Waals surface area (Å²) in [7, 11) is 0. The first-order valence-electron chi connectivity index (χ1n) is 7.53. The lowest BCUT2D eigenvalue weighted by atomic mass is 9.76. The number of rotatable bonds is 3. The fraction of sp³-hybridized carbons (Fsp3) is 0.867. The number of likely N-dealkylation sites (tertiary alicyclic amines) is 1. The van der Waals surface area contributed by atoms with E-state index in [9.17, 15) is 4.79 Å². The first kappa shape index (κ1) is 14.8. The van der Waals surface area contributed by atoms with Crippen LogP contribution in [0.1, 0.15) is 58.8 Å². The van der Waals surface area contributed by atoms with Crippen LogP contribution in [0.4, 0.5) is 0 Å². The molecule has 1 heterocycles. The van der Waals surface area contributed by atoms with Gasteiger partial charge in [0.2, 0.25) is 5.91 Å². The van der Waals surface area contributed by atoms with Crippen molar-refractivity contribution in [2.24, 2.45) is 16.6 Å². The lowest BCUT2D eigenvalue weighted by Gasteiger charge is -2.42. The first-order chi connectivity index (χ1) is 8.93. The Labute approximate surface area is 121 Å². The second-order valence-electron chi connectivity index (χ2n) is 6.55. The van der Waals surface area contributed by atoms with Crippen LogP contribution < -0.4 is 5.73 Å². The predicted molar refractivity (Wildman–Crippen MR) is 81.9 cm³/mol. The normalized spacial score (nSPS) is 25.3. The molecule has 1 aliphatic carbocycles. The number of hydrogen-bond donors (Lipinski definition) is 1. The van der Waals surface area contributed by atoms with Gasteiger partial charge in [0.1, 0.15) is 0 Å². The second kappa shape index (κ2) is 5.39. The van der Waals surface area contributed by atoms with E-state index in [2.05, 4.69) is 0 Å². The summed E-state index contributed by atoms with van der Waals surface area (Å²) in [6.45, 7) is 5.64. The Morgan fingerprint density at radius 2 is 1.79 bits per heavy atom. The van der Waals surface area contributed by atoms with E-state index in [-0.39, 0.29) is 5.91 Å². The average Bonchev–Trinajstić information content (AvgIpc) is 2.86. The fourth-order valence-electron chi connectivity index (χ4n) is 3.59. The van der Waals surface area contributed by atoms with Gasteiger partial charge in [0.15, 0.2) is 0 Å². The van der Waals surface area contributed by atoms with Gasteiger partial charge in [-0.25, -0.2) is 0 Å². The van der Waals surface area contributed by atoms with Crippen LogP contribution >= 0.6 is 12.2 Å². The van der Waals surface area contributed by atoms with E-state index in [0.29, 0.717) is 16.8 Å². The number of piperidine rings is 1. The van der Waals surface area contributed by atoms with Crippen LogP contribution in [0.25, 0.3) is 0 Å². The van der Waals surface area contributed by atoms with Crippen molar-refractivity contribution in [1.29, 1.82) is 0 Å². The van der Waals surface area contributed by atoms with Gasteiger partial charge >= 0.3 is 0 Å². The Bertz CT molecular complexity index is 366. The number of nitrogens with zero attached hydrogens (tertiary/aromatic N) is 1. The van der Waals surface area contributed by atoms with E-state index in [1.54, 1.807) is 0 Å². The molecule has 1 atom stereocenters. The molecule has 1 aliphatic heterocycles. The highest BCUT2D eigenvalue weighted by molar-refractivity contribution is 7.80. The Balaban J connectivity index is 2.01. The van der Waals surface area contributed by atoms with Gasteiger partial charge in [-0.1, -0.05) is 32.0 Å². The molecule has 3 nitrogen and oxygen atoms in total. The molecule has 0 aromatic heterocycles. The molecule has 2 rings (SSSR count). The number of thiocarbonyl (C=S) groups is 1. The molecule has 2 fully saturated rings. The minimum Gasteiger partial charge on any atom is -0.392 e. The van der Waals surface area contributed by atoms with E-state index >= 15 is 0 Å². The summed E-state index contributed by atoms with van der Waals surface area (Å²) in [5, 5.41) is 0.